The second-order valence-electron chi connectivity index (χ2n) is 14.2. The number of allylic oxidation sites excluding steroid dienone is 18. The highest BCUT2D eigenvalue weighted by molar-refractivity contribution is 7.47. The third-order valence-corrected chi connectivity index (χ3v) is 9.43. The summed E-state index contributed by atoms with van der Waals surface area (Å²) in [6.45, 7) is 2.44. The van der Waals surface area contributed by atoms with Crippen molar-refractivity contribution < 1.29 is 52.3 Å². The van der Waals surface area contributed by atoms with Crippen LogP contribution in [-0.2, 0) is 42.3 Å². The van der Waals surface area contributed by atoms with Crippen molar-refractivity contribution in [1.29, 1.82) is 0 Å². The molecule has 0 aromatic rings. The van der Waals surface area contributed by atoms with Gasteiger partial charge >= 0.3 is 25.7 Å². The van der Waals surface area contributed by atoms with Crippen LogP contribution in [0.2, 0.25) is 0 Å². The fraction of sp³-hybridized carbons (Fsp3) is 0.542. The lowest BCUT2D eigenvalue weighted by Gasteiger charge is -2.20. The Morgan fingerprint density at radius 3 is 1.61 bits per heavy atom. The molecule has 0 rings (SSSR count). The highest BCUT2D eigenvalue weighted by atomic mass is 31.2. The average molecular weight is 872 g/mol. The molecular weight excluding hydrogens is 797 g/mol. The van der Waals surface area contributed by atoms with Crippen LogP contribution >= 0.6 is 7.82 Å². The van der Waals surface area contributed by atoms with Crippen LogP contribution in [0, 0.1) is 0 Å². The van der Waals surface area contributed by atoms with E-state index in [2.05, 4.69) is 60.9 Å². The number of carboxylic acid groups (broad SMARTS) is 1. The minimum atomic E-state index is -4.77. The number of phosphoric ester groups is 1. The lowest BCUT2D eigenvalue weighted by molar-refractivity contribution is -0.161. The summed E-state index contributed by atoms with van der Waals surface area (Å²) in [4.78, 5) is 57.6. The summed E-state index contributed by atoms with van der Waals surface area (Å²) in [7, 11) is -4.77. The van der Waals surface area contributed by atoms with E-state index < -0.39 is 57.7 Å². The number of rotatable bonds is 39. The van der Waals surface area contributed by atoms with E-state index in [-0.39, 0.29) is 18.6 Å². The maximum absolute atomic E-state index is 12.6. The summed E-state index contributed by atoms with van der Waals surface area (Å²) in [5.74, 6) is -2.47. The van der Waals surface area contributed by atoms with Crippen molar-refractivity contribution in [3.8, 4) is 0 Å². The zero-order valence-corrected chi connectivity index (χ0v) is 37.6. The van der Waals surface area contributed by atoms with Gasteiger partial charge < -0.3 is 25.2 Å². The van der Waals surface area contributed by atoms with E-state index in [0.29, 0.717) is 32.1 Å². The highest BCUT2D eigenvalue weighted by Gasteiger charge is 2.28. The van der Waals surface area contributed by atoms with Gasteiger partial charge in [-0.3, -0.25) is 28.2 Å². The second-order valence-corrected chi connectivity index (χ2v) is 15.6. The number of aliphatic carboxylic acids is 1. The number of hydrogen-bond donors (Lipinski definition) is 3. The Hall–Kier alpha value is -4.19. The maximum Gasteiger partial charge on any atom is 0.472 e. The Labute approximate surface area is 365 Å². The van der Waals surface area contributed by atoms with Crippen LogP contribution < -0.4 is 5.73 Å². The largest absolute Gasteiger partial charge is 0.480 e. The van der Waals surface area contributed by atoms with Crippen molar-refractivity contribution in [2.45, 2.75) is 148 Å². The Morgan fingerprint density at radius 2 is 1.05 bits per heavy atom. The Kier molecular flexibility index (Phi) is 38.3. The van der Waals surface area contributed by atoms with Crippen LogP contribution in [0.1, 0.15) is 136 Å². The number of carbonyl (C=O) groups excluding carboxylic acids is 3. The van der Waals surface area contributed by atoms with Crippen molar-refractivity contribution in [2.75, 3.05) is 19.8 Å². The minimum Gasteiger partial charge on any atom is -0.480 e. The molecule has 0 aromatic carbocycles. The lowest BCUT2D eigenvalue weighted by atomic mass is 10.1. The first-order valence-corrected chi connectivity index (χ1v) is 23.4. The van der Waals surface area contributed by atoms with Crippen molar-refractivity contribution in [1.82, 2.24) is 0 Å². The molecule has 13 heteroatoms. The van der Waals surface area contributed by atoms with Crippen LogP contribution in [0.5, 0.6) is 0 Å². The minimum absolute atomic E-state index is 0.00724. The zero-order valence-electron chi connectivity index (χ0n) is 36.7. The van der Waals surface area contributed by atoms with E-state index in [4.69, 9.17) is 24.8 Å². The van der Waals surface area contributed by atoms with Crippen molar-refractivity contribution in [3.05, 3.63) is 109 Å². The fourth-order valence-electron chi connectivity index (χ4n) is 4.99. The summed E-state index contributed by atoms with van der Waals surface area (Å²) < 4.78 is 32.5. The molecule has 0 spiro atoms. The number of ether oxygens (including phenoxy) is 2. The van der Waals surface area contributed by atoms with Gasteiger partial charge in [0.15, 0.2) is 11.9 Å². The molecule has 0 heterocycles. The SMILES string of the molecule is CCCCC/C=C\C/C=C\C/C=C\C/C=C\C/C=C\CCC(=O)O[C@H](COC(=O)CCC/C=C\C/C=C\C/C=C\C=C\C(=O)CCCCC)COP(=O)(O)OC[C@H](N)C(=O)O. The summed E-state index contributed by atoms with van der Waals surface area (Å²) in [5.41, 5.74) is 5.32. The molecule has 0 aliphatic heterocycles. The molecule has 3 atom stereocenters. The molecule has 0 aliphatic carbocycles. The van der Waals surface area contributed by atoms with Crippen molar-refractivity contribution in [3.63, 3.8) is 0 Å². The molecule has 4 N–H and O–H groups in total. The van der Waals surface area contributed by atoms with Gasteiger partial charge in [0, 0.05) is 19.3 Å². The second kappa shape index (κ2) is 41.2. The molecule has 0 saturated carbocycles. The van der Waals surface area contributed by atoms with Crippen LogP contribution in [0.15, 0.2) is 109 Å². The maximum atomic E-state index is 12.6. The zero-order chi connectivity index (χ0) is 45.1. The average Bonchev–Trinajstić information content (AvgIpc) is 3.23. The number of unbranched alkanes of at least 4 members (excludes halogenated alkanes) is 6. The molecule has 0 aliphatic rings. The number of ketones is 1. The summed E-state index contributed by atoms with van der Waals surface area (Å²) in [6, 6.07) is -1.56. The van der Waals surface area contributed by atoms with Gasteiger partial charge in [-0.15, -0.1) is 0 Å². The molecule has 0 bridgehead atoms. The molecule has 0 aromatic heterocycles. The van der Waals surface area contributed by atoms with Crippen molar-refractivity contribution in [2.24, 2.45) is 5.73 Å². The van der Waals surface area contributed by atoms with Gasteiger partial charge in [-0.05, 0) is 83.1 Å². The van der Waals surface area contributed by atoms with Gasteiger partial charge in [0.25, 0.3) is 0 Å². The number of esters is 2. The molecule has 1 unspecified atom stereocenters. The first-order valence-electron chi connectivity index (χ1n) is 21.9. The lowest BCUT2D eigenvalue weighted by Crippen LogP contribution is -2.34. The predicted octanol–water partition coefficient (Wildman–Crippen LogP) is 11.0. The van der Waals surface area contributed by atoms with E-state index in [1.165, 1.54) is 19.3 Å². The Morgan fingerprint density at radius 1 is 0.557 bits per heavy atom. The van der Waals surface area contributed by atoms with E-state index in [0.717, 1.165) is 57.8 Å². The Bertz CT molecular complexity index is 1510. The van der Waals surface area contributed by atoms with Gasteiger partial charge in [-0.25, -0.2) is 4.57 Å². The molecule has 12 nitrogen and oxygen atoms in total. The van der Waals surface area contributed by atoms with Crippen LogP contribution in [0.25, 0.3) is 0 Å². The van der Waals surface area contributed by atoms with E-state index in [1.54, 1.807) is 12.2 Å². The number of carbonyl (C=O) groups is 4. The van der Waals surface area contributed by atoms with Gasteiger partial charge in [-0.2, -0.15) is 0 Å². The molecule has 0 fully saturated rings. The first-order chi connectivity index (χ1) is 29.5. The highest BCUT2D eigenvalue weighted by Crippen LogP contribution is 2.43. The third-order valence-electron chi connectivity index (χ3n) is 8.48. The van der Waals surface area contributed by atoms with Gasteiger partial charge in [-0.1, -0.05) is 143 Å². The summed E-state index contributed by atoms with van der Waals surface area (Å²) >= 11 is 0. The first kappa shape index (κ1) is 56.8. The van der Waals surface area contributed by atoms with Gasteiger partial charge in [0.05, 0.1) is 13.2 Å². The summed E-state index contributed by atoms with van der Waals surface area (Å²) in [5, 5.41) is 8.89. The topological polar surface area (TPSA) is 189 Å². The molecule has 0 amide bonds. The molecule has 342 valence electrons. The van der Waals surface area contributed by atoms with Crippen LogP contribution in [0.4, 0.5) is 0 Å². The van der Waals surface area contributed by atoms with E-state index >= 15 is 0 Å². The molecule has 0 saturated heterocycles. The Balaban J connectivity index is 4.64. The monoisotopic (exact) mass is 871 g/mol. The molecule has 61 heavy (non-hydrogen) atoms. The van der Waals surface area contributed by atoms with Gasteiger partial charge in [0.1, 0.15) is 12.6 Å². The number of hydrogen-bond acceptors (Lipinski definition) is 10. The number of phosphoric acid groups is 1. The third kappa shape index (κ3) is 41.0. The quantitative estimate of drug-likeness (QED) is 0.0133. The van der Waals surface area contributed by atoms with E-state index in [1.807, 2.05) is 54.7 Å². The van der Waals surface area contributed by atoms with Crippen LogP contribution in [0.3, 0.4) is 0 Å². The number of nitrogens with two attached hydrogens (primary N) is 1. The number of carboxylic acids is 1. The smallest absolute Gasteiger partial charge is 0.472 e. The summed E-state index contributed by atoms with van der Waals surface area (Å²) in [6.07, 6.45) is 50.2. The predicted molar refractivity (Wildman–Crippen MR) is 245 cm³/mol. The van der Waals surface area contributed by atoms with Gasteiger partial charge in [0.2, 0.25) is 0 Å². The normalized spacial score (nSPS) is 14.6. The fourth-order valence-corrected chi connectivity index (χ4v) is 5.77. The molecule has 0 radical (unpaired) electrons. The molecular formula is C48H74NO11P. The van der Waals surface area contributed by atoms with Crippen LogP contribution in [-0.4, -0.2) is 65.7 Å². The van der Waals surface area contributed by atoms with E-state index in [9.17, 15) is 28.6 Å². The van der Waals surface area contributed by atoms with Crippen molar-refractivity contribution >= 4 is 31.5 Å². The standard InChI is InChI=1S/C48H74NO11P/c1-3-5-7-8-9-10-11-12-13-14-15-16-17-18-21-25-28-31-35-39-47(52)60-44(41-58-61(55,56)59-42-45(49)48(53)54)40-57-46(51)38-34-30-27-24-22-19-20-23-26-29-33-37-43(50)36-32-6-4-2/h9-10,12-13,15-16,18-21,24,26-29,31,33,37,44-45H,3-8,11,14,17,22-23,25,30,32,34-36,38-42,49H2,1-2H3,(H,53,54)(H,55,56)/b10-9-,13-12-,16-15-,20-19-,21-18-,27-24-,29-26-,31-28-,37-33+/t44-,45+/m1/s1.